The first-order valence-corrected chi connectivity index (χ1v) is 10.3. The number of carbonyl (C=O) groups is 2. The lowest BCUT2D eigenvalue weighted by molar-refractivity contribution is -1.02. The van der Waals surface area contributed by atoms with E-state index in [1.807, 2.05) is 0 Å². The summed E-state index contributed by atoms with van der Waals surface area (Å²) in [4.78, 5) is 27.8. The van der Waals surface area contributed by atoms with Gasteiger partial charge < -0.3 is 15.1 Å². The molecule has 30 heavy (non-hydrogen) atoms. The van der Waals surface area contributed by atoms with Crippen LogP contribution in [-0.4, -0.2) is 62.7 Å². The van der Waals surface area contributed by atoms with E-state index in [-0.39, 0.29) is 29.6 Å². The first-order chi connectivity index (χ1) is 14.5. The average Bonchev–Trinajstić information content (AvgIpc) is 3.18. The standard InChI is InChI=1S/C22H24F2N4O2/c23-18-5-1-16(2-6-18)21(17-3-7-19(24)8-4-17)27-13-11-26(12-14-27)15-20(29)28-10-9-25-22(28)30/h1-8,21H,9-15H2,(H,25,30)/p+2. The number of urea groups is 1. The van der Waals surface area contributed by atoms with Gasteiger partial charge in [-0.25, -0.2) is 13.6 Å². The Labute approximate surface area is 174 Å². The minimum Gasteiger partial charge on any atom is -0.336 e. The van der Waals surface area contributed by atoms with E-state index in [1.54, 1.807) is 24.3 Å². The molecule has 3 amide bonds. The molecule has 0 aromatic heterocycles. The Balaban J connectivity index is 1.45. The fraction of sp³-hybridized carbons (Fsp3) is 0.364. The van der Waals surface area contributed by atoms with Crippen molar-refractivity contribution in [2.75, 3.05) is 45.8 Å². The highest BCUT2D eigenvalue weighted by Crippen LogP contribution is 2.20. The predicted octanol–water partition coefficient (Wildman–Crippen LogP) is -0.611. The molecule has 2 saturated heterocycles. The molecule has 2 aliphatic heterocycles. The van der Waals surface area contributed by atoms with E-state index in [1.165, 1.54) is 34.1 Å². The van der Waals surface area contributed by atoms with Crippen LogP contribution in [0.25, 0.3) is 0 Å². The van der Waals surface area contributed by atoms with E-state index < -0.39 is 0 Å². The van der Waals surface area contributed by atoms with Gasteiger partial charge in [-0.3, -0.25) is 9.69 Å². The maximum absolute atomic E-state index is 13.5. The molecule has 2 aromatic carbocycles. The Hall–Kier alpha value is -2.84. The van der Waals surface area contributed by atoms with Crippen LogP contribution in [0.15, 0.2) is 48.5 Å². The van der Waals surface area contributed by atoms with Gasteiger partial charge in [0.25, 0.3) is 5.91 Å². The summed E-state index contributed by atoms with van der Waals surface area (Å²) in [6.45, 7) is 4.44. The first kappa shape index (κ1) is 20.4. The van der Waals surface area contributed by atoms with Gasteiger partial charge in [-0.2, -0.15) is 0 Å². The highest BCUT2D eigenvalue weighted by atomic mass is 19.1. The van der Waals surface area contributed by atoms with Crippen molar-refractivity contribution in [2.24, 2.45) is 0 Å². The molecule has 0 bridgehead atoms. The number of nitrogens with one attached hydrogen (secondary N) is 3. The lowest BCUT2D eigenvalue weighted by Crippen LogP contribution is -3.28. The van der Waals surface area contributed by atoms with E-state index in [0.29, 0.717) is 19.6 Å². The zero-order chi connectivity index (χ0) is 21.1. The summed E-state index contributed by atoms with van der Waals surface area (Å²) in [6, 6.07) is 12.6. The van der Waals surface area contributed by atoms with Crippen molar-refractivity contribution in [3.8, 4) is 0 Å². The molecule has 0 atom stereocenters. The number of amides is 3. The molecule has 158 valence electrons. The van der Waals surface area contributed by atoms with Gasteiger partial charge in [0.15, 0.2) is 6.54 Å². The van der Waals surface area contributed by atoms with Crippen LogP contribution in [0.5, 0.6) is 0 Å². The zero-order valence-electron chi connectivity index (χ0n) is 16.7. The number of rotatable bonds is 5. The second-order valence-electron chi connectivity index (χ2n) is 7.90. The largest absolute Gasteiger partial charge is 0.336 e. The van der Waals surface area contributed by atoms with E-state index in [2.05, 4.69) is 5.32 Å². The van der Waals surface area contributed by atoms with Crippen molar-refractivity contribution in [1.29, 1.82) is 0 Å². The van der Waals surface area contributed by atoms with Gasteiger partial charge in [-0.1, -0.05) is 0 Å². The molecule has 2 aromatic rings. The molecule has 0 radical (unpaired) electrons. The number of benzene rings is 2. The lowest BCUT2D eigenvalue weighted by atomic mass is 9.96. The molecular formula is C22H26F2N4O2+2. The number of hydrogen-bond acceptors (Lipinski definition) is 2. The van der Waals surface area contributed by atoms with Crippen LogP contribution in [0.2, 0.25) is 0 Å². The predicted molar refractivity (Wildman–Crippen MR) is 106 cm³/mol. The van der Waals surface area contributed by atoms with E-state index in [0.717, 1.165) is 42.2 Å². The van der Waals surface area contributed by atoms with Crippen molar-refractivity contribution in [3.05, 3.63) is 71.3 Å². The minimum absolute atomic E-state index is 0.0344. The molecule has 0 spiro atoms. The Kier molecular flexibility index (Phi) is 6.06. The molecule has 2 fully saturated rings. The van der Waals surface area contributed by atoms with Crippen LogP contribution in [0.1, 0.15) is 17.2 Å². The Morgan fingerprint density at radius 1 is 0.933 bits per heavy atom. The van der Waals surface area contributed by atoms with Crippen molar-refractivity contribution >= 4 is 11.9 Å². The maximum atomic E-state index is 13.5. The van der Waals surface area contributed by atoms with Gasteiger partial charge >= 0.3 is 6.03 Å². The molecule has 0 aliphatic carbocycles. The Morgan fingerprint density at radius 2 is 1.47 bits per heavy atom. The van der Waals surface area contributed by atoms with Gasteiger partial charge in [-0.05, 0) is 48.5 Å². The molecule has 0 saturated carbocycles. The quantitative estimate of drug-likeness (QED) is 0.609. The Morgan fingerprint density at radius 3 is 1.93 bits per heavy atom. The van der Waals surface area contributed by atoms with Crippen LogP contribution >= 0.6 is 0 Å². The second kappa shape index (κ2) is 8.89. The van der Waals surface area contributed by atoms with Crippen LogP contribution in [0.3, 0.4) is 0 Å². The summed E-state index contributed by atoms with van der Waals surface area (Å²) in [7, 11) is 0. The van der Waals surface area contributed by atoms with Crippen molar-refractivity contribution in [1.82, 2.24) is 10.2 Å². The Bertz CT molecular complexity index is 851. The van der Waals surface area contributed by atoms with Crippen molar-refractivity contribution in [2.45, 2.75) is 6.04 Å². The lowest BCUT2D eigenvalue weighted by Gasteiger charge is -2.35. The van der Waals surface area contributed by atoms with Crippen LogP contribution in [0, 0.1) is 11.6 Å². The van der Waals surface area contributed by atoms with Crippen molar-refractivity contribution < 1.29 is 28.2 Å². The van der Waals surface area contributed by atoms with Gasteiger partial charge in [-0.15, -0.1) is 0 Å². The average molecular weight is 416 g/mol. The third kappa shape index (κ3) is 4.49. The number of hydrogen-bond donors (Lipinski definition) is 3. The number of imide groups is 1. The number of carbonyl (C=O) groups excluding carboxylic acids is 2. The summed E-state index contributed by atoms with van der Waals surface area (Å²) in [5, 5.41) is 2.65. The van der Waals surface area contributed by atoms with Crippen LogP contribution < -0.4 is 15.1 Å². The molecule has 3 N–H and O–H groups in total. The summed E-state index contributed by atoms with van der Waals surface area (Å²) in [5.41, 5.74) is 1.96. The van der Waals surface area contributed by atoms with E-state index >= 15 is 0 Å². The van der Waals surface area contributed by atoms with Crippen LogP contribution in [-0.2, 0) is 4.79 Å². The molecule has 2 aliphatic rings. The second-order valence-corrected chi connectivity index (χ2v) is 7.90. The third-order valence-corrected chi connectivity index (χ3v) is 5.97. The van der Waals surface area contributed by atoms with E-state index in [4.69, 9.17) is 0 Å². The van der Waals surface area contributed by atoms with Gasteiger partial charge in [0.1, 0.15) is 43.9 Å². The smallest absolute Gasteiger partial charge is 0.324 e. The fourth-order valence-corrected chi connectivity index (χ4v) is 4.38. The molecule has 2 heterocycles. The number of piperazine rings is 1. The highest BCUT2D eigenvalue weighted by molar-refractivity contribution is 5.96. The summed E-state index contributed by atoms with van der Waals surface area (Å²) in [6.07, 6.45) is 0. The van der Waals surface area contributed by atoms with Gasteiger partial charge in [0.05, 0.1) is 0 Å². The van der Waals surface area contributed by atoms with E-state index in [9.17, 15) is 18.4 Å². The van der Waals surface area contributed by atoms with Crippen molar-refractivity contribution in [3.63, 3.8) is 0 Å². The molecule has 6 nitrogen and oxygen atoms in total. The number of halogens is 2. The number of quaternary nitrogens is 2. The highest BCUT2D eigenvalue weighted by Gasteiger charge is 2.34. The number of nitrogens with zero attached hydrogens (tertiary/aromatic N) is 1. The van der Waals surface area contributed by atoms with Crippen LogP contribution in [0.4, 0.5) is 13.6 Å². The summed E-state index contributed by atoms with van der Waals surface area (Å²) in [5.74, 6) is -0.715. The fourth-order valence-electron chi connectivity index (χ4n) is 4.38. The third-order valence-electron chi connectivity index (χ3n) is 5.97. The monoisotopic (exact) mass is 416 g/mol. The maximum Gasteiger partial charge on any atom is 0.324 e. The minimum atomic E-state index is -0.309. The zero-order valence-corrected chi connectivity index (χ0v) is 16.7. The SMILES string of the molecule is O=C(C[NH+]1CC[NH+](C(c2ccc(F)cc2)c2ccc(F)cc2)CC1)N1CCNC1=O. The normalized spacial score (nSPS) is 21.7. The summed E-state index contributed by atoms with van der Waals surface area (Å²) >= 11 is 0. The first-order valence-electron chi connectivity index (χ1n) is 10.3. The molecule has 4 rings (SSSR count). The van der Waals surface area contributed by atoms with Gasteiger partial charge in [0.2, 0.25) is 0 Å². The topological polar surface area (TPSA) is 58.3 Å². The molecule has 0 unspecified atom stereocenters. The van der Waals surface area contributed by atoms with Gasteiger partial charge in [0, 0.05) is 24.2 Å². The summed E-state index contributed by atoms with van der Waals surface area (Å²) < 4.78 is 26.9. The molecular weight excluding hydrogens is 390 g/mol. The molecule has 8 heteroatoms.